The van der Waals surface area contributed by atoms with Crippen LogP contribution in [0.1, 0.15) is 24.1 Å². The van der Waals surface area contributed by atoms with Gasteiger partial charge in [-0.2, -0.15) is 0 Å². The molecule has 1 unspecified atom stereocenters. The molecule has 1 aromatic heterocycles. The lowest BCUT2D eigenvalue weighted by molar-refractivity contribution is 0.194. The highest BCUT2D eigenvalue weighted by Crippen LogP contribution is 2.25. The standard InChI is InChI=1S/C20H22N2OS/c1-15(16-8-4-3-5-9-16)22(2)20(23)21-13-12-17-14-24-19-11-7-6-10-18(17)19/h3-11,14-15H,12-13H2,1-2H3,(H,21,23). The van der Waals surface area contributed by atoms with Gasteiger partial charge in [0.15, 0.2) is 0 Å². The number of carbonyl (C=O) groups is 1. The summed E-state index contributed by atoms with van der Waals surface area (Å²) in [6.45, 7) is 2.69. The monoisotopic (exact) mass is 338 g/mol. The smallest absolute Gasteiger partial charge is 0.317 e. The highest BCUT2D eigenvalue weighted by Gasteiger charge is 2.16. The van der Waals surface area contributed by atoms with E-state index in [1.165, 1.54) is 15.6 Å². The van der Waals surface area contributed by atoms with Crippen molar-refractivity contribution in [3.05, 3.63) is 71.1 Å². The largest absolute Gasteiger partial charge is 0.338 e. The van der Waals surface area contributed by atoms with Crippen LogP contribution in [0.5, 0.6) is 0 Å². The van der Waals surface area contributed by atoms with Crippen LogP contribution < -0.4 is 5.32 Å². The molecular formula is C20H22N2OS. The third-order valence-electron chi connectivity index (χ3n) is 4.41. The fraction of sp³-hybridized carbons (Fsp3) is 0.250. The van der Waals surface area contributed by atoms with Gasteiger partial charge >= 0.3 is 6.03 Å². The van der Waals surface area contributed by atoms with Gasteiger partial charge in [0.1, 0.15) is 0 Å². The van der Waals surface area contributed by atoms with E-state index in [2.05, 4.69) is 35.0 Å². The highest BCUT2D eigenvalue weighted by atomic mass is 32.1. The topological polar surface area (TPSA) is 32.3 Å². The number of nitrogens with zero attached hydrogens (tertiary/aromatic N) is 1. The lowest BCUT2D eigenvalue weighted by atomic mass is 10.1. The Morgan fingerprint density at radius 1 is 1.12 bits per heavy atom. The van der Waals surface area contributed by atoms with Gasteiger partial charge in [-0.15, -0.1) is 11.3 Å². The maximum Gasteiger partial charge on any atom is 0.317 e. The lowest BCUT2D eigenvalue weighted by Gasteiger charge is -2.25. The van der Waals surface area contributed by atoms with Gasteiger partial charge in [0, 0.05) is 18.3 Å². The SMILES string of the molecule is CC(c1ccccc1)N(C)C(=O)NCCc1csc2ccccc12. The van der Waals surface area contributed by atoms with E-state index in [1.54, 1.807) is 16.2 Å². The van der Waals surface area contributed by atoms with E-state index in [9.17, 15) is 4.79 Å². The molecule has 1 N–H and O–H groups in total. The van der Waals surface area contributed by atoms with Crippen molar-refractivity contribution in [1.82, 2.24) is 10.2 Å². The number of nitrogens with one attached hydrogen (secondary N) is 1. The number of thiophene rings is 1. The molecule has 4 heteroatoms. The summed E-state index contributed by atoms with van der Waals surface area (Å²) in [6.07, 6.45) is 0.851. The molecule has 0 spiro atoms. The molecule has 24 heavy (non-hydrogen) atoms. The number of amides is 2. The molecule has 3 nitrogen and oxygen atoms in total. The van der Waals surface area contributed by atoms with Crippen molar-refractivity contribution in [2.75, 3.05) is 13.6 Å². The predicted octanol–water partition coefficient (Wildman–Crippen LogP) is 4.85. The van der Waals surface area contributed by atoms with Crippen LogP contribution in [0.2, 0.25) is 0 Å². The maximum absolute atomic E-state index is 12.4. The van der Waals surface area contributed by atoms with Gasteiger partial charge < -0.3 is 10.2 Å². The Kier molecular flexibility index (Phi) is 5.16. The van der Waals surface area contributed by atoms with E-state index >= 15 is 0 Å². The average Bonchev–Trinajstić information content (AvgIpc) is 3.04. The molecule has 0 aliphatic rings. The molecule has 0 fully saturated rings. The van der Waals surface area contributed by atoms with Crippen molar-refractivity contribution in [3.8, 4) is 0 Å². The molecule has 0 saturated carbocycles. The number of benzene rings is 2. The third-order valence-corrected chi connectivity index (χ3v) is 5.43. The molecular weight excluding hydrogens is 316 g/mol. The second kappa shape index (κ2) is 7.49. The van der Waals surface area contributed by atoms with Gasteiger partial charge in [0.2, 0.25) is 0 Å². The fourth-order valence-electron chi connectivity index (χ4n) is 2.79. The molecule has 1 heterocycles. The third kappa shape index (κ3) is 3.60. The first-order chi connectivity index (χ1) is 11.7. The molecule has 0 saturated heterocycles. The van der Waals surface area contributed by atoms with Gasteiger partial charge in [-0.05, 0) is 41.3 Å². The van der Waals surface area contributed by atoms with Gasteiger partial charge in [-0.25, -0.2) is 4.79 Å². The first kappa shape index (κ1) is 16.5. The molecule has 0 bridgehead atoms. The Morgan fingerprint density at radius 2 is 1.83 bits per heavy atom. The van der Waals surface area contributed by atoms with Gasteiger partial charge in [0.25, 0.3) is 0 Å². The molecule has 3 aromatic rings. The van der Waals surface area contributed by atoms with Crippen molar-refractivity contribution in [2.45, 2.75) is 19.4 Å². The molecule has 124 valence electrons. The Hall–Kier alpha value is -2.33. The fourth-order valence-corrected chi connectivity index (χ4v) is 3.78. The van der Waals surface area contributed by atoms with Crippen LogP contribution in [0.15, 0.2) is 60.0 Å². The summed E-state index contributed by atoms with van der Waals surface area (Å²) in [7, 11) is 1.84. The zero-order valence-corrected chi connectivity index (χ0v) is 14.8. The molecule has 0 radical (unpaired) electrons. The van der Waals surface area contributed by atoms with Crippen LogP contribution in [0.25, 0.3) is 10.1 Å². The second-order valence-electron chi connectivity index (χ2n) is 5.94. The zero-order chi connectivity index (χ0) is 16.9. The van der Waals surface area contributed by atoms with Gasteiger partial charge in [0.05, 0.1) is 6.04 Å². The van der Waals surface area contributed by atoms with Crippen LogP contribution in [0, 0.1) is 0 Å². The molecule has 0 aliphatic carbocycles. The Morgan fingerprint density at radius 3 is 2.62 bits per heavy atom. The van der Waals surface area contributed by atoms with Gasteiger partial charge in [-0.1, -0.05) is 48.5 Å². The van der Waals surface area contributed by atoms with E-state index in [4.69, 9.17) is 0 Å². The number of carbonyl (C=O) groups excluding carboxylic acids is 1. The molecule has 3 rings (SSSR count). The minimum atomic E-state index is -0.0362. The van der Waals surface area contributed by atoms with Crippen LogP contribution in [-0.2, 0) is 6.42 Å². The minimum Gasteiger partial charge on any atom is -0.338 e. The first-order valence-electron chi connectivity index (χ1n) is 8.17. The number of rotatable bonds is 5. The molecule has 1 atom stereocenters. The summed E-state index contributed by atoms with van der Waals surface area (Å²) in [5.41, 5.74) is 2.44. The summed E-state index contributed by atoms with van der Waals surface area (Å²) < 4.78 is 1.30. The summed E-state index contributed by atoms with van der Waals surface area (Å²) >= 11 is 1.76. The molecule has 2 amide bonds. The van der Waals surface area contributed by atoms with E-state index in [0.717, 1.165) is 12.0 Å². The molecule has 0 aliphatic heterocycles. The van der Waals surface area contributed by atoms with E-state index in [0.29, 0.717) is 6.54 Å². The van der Waals surface area contributed by atoms with Crippen LogP contribution in [0.4, 0.5) is 4.79 Å². The summed E-state index contributed by atoms with van der Waals surface area (Å²) in [5.74, 6) is 0. The summed E-state index contributed by atoms with van der Waals surface area (Å²) in [4.78, 5) is 14.1. The Bertz CT molecular complexity index is 813. The highest BCUT2D eigenvalue weighted by molar-refractivity contribution is 7.17. The van der Waals surface area contributed by atoms with Crippen molar-refractivity contribution in [1.29, 1.82) is 0 Å². The quantitative estimate of drug-likeness (QED) is 0.709. The number of fused-ring (bicyclic) bond motifs is 1. The van der Waals surface area contributed by atoms with Gasteiger partial charge in [-0.3, -0.25) is 0 Å². The summed E-state index contributed by atoms with van der Waals surface area (Å²) in [6, 6.07) is 18.5. The lowest BCUT2D eigenvalue weighted by Crippen LogP contribution is -2.39. The van der Waals surface area contributed by atoms with Crippen molar-refractivity contribution >= 4 is 27.5 Å². The number of hydrogen-bond donors (Lipinski definition) is 1. The average molecular weight is 338 g/mol. The normalized spacial score (nSPS) is 12.1. The van der Waals surface area contributed by atoms with Crippen molar-refractivity contribution in [3.63, 3.8) is 0 Å². The van der Waals surface area contributed by atoms with E-state index in [1.807, 2.05) is 44.3 Å². The van der Waals surface area contributed by atoms with E-state index < -0.39 is 0 Å². The van der Waals surface area contributed by atoms with Crippen LogP contribution >= 0.6 is 11.3 Å². The van der Waals surface area contributed by atoms with Crippen molar-refractivity contribution in [2.24, 2.45) is 0 Å². The Balaban J connectivity index is 1.55. The summed E-state index contributed by atoms with van der Waals surface area (Å²) in [5, 5.41) is 6.51. The maximum atomic E-state index is 12.4. The Labute approximate surface area is 146 Å². The zero-order valence-electron chi connectivity index (χ0n) is 14.0. The van der Waals surface area contributed by atoms with Crippen LogP contribution in [-0.4, -0.2) is 24.5 Å². The second-order valence-corrected chi connectivity index (χ2v) is 6.85. The predicted molar refractivity (Wildman–Crippen MR) is 102 cm³/mol. The molecule has 2 aromatic carbocycles. The van der Waals surface area contributed by atoms with Crippen molar-refractivity contribution < 1.29 is 4.79 Å². The number of hydrogen-bond acceptors (Lipinski definition) is 2. The van der Waals surface area contributed by atoms with Crippen LogP contribution in [0.3, 0.4) is 0 Å². The first-order valence-corrected chi connectivity index (χ1v) is 9.05. The number of urea groups is 1. The van der Waals surface area contributed by atoms with E-state index in [-0.39, 0.29) is 12.1 Å². The minimum absolute atomic E-state index is 0.0362.